The molecule has 2 aromatic carbocycles. The lowest BCUT2D eigenvalue weighted by Crippen LogP contribution is -2.38. The summed E-state index contributed by atoms with van der Waals surface area (Å²) in [7, 11) is 1.86. The van der Waals surface area contributed by atoms with Crippen molar-refractivity contribution in [2.45, 2.75) is 63.7 Å². The first-order chi connectivity index (χ1) is 14.3. The quantitative estimate of drug-likeness (QED) is 0.546. The number of nitrogens with zero attached hydrogens (tertiary/aromatic N) is 1. The van der Waals surface area contributed by atoms with E-state index in [4.69, 9.17) is 16.3 Å². The Kier molecular flexibility index (Phi) is 6.91. The SMILES string of the molecule is CCC1(CC)OC(CCCN(C)[C@@H](C)C(=O)O)(c2ccc(Cl)cc2)c2ccccc21. The Morgan fingerprint density at radius 2 is 1.70 bits per heavy atom. The monoisotopic (exact) mass is 429 g/mol. The minimum Gasteiger partial charge on any atom is -0.480 e. The number of halogens is 1. The third-order valence-corrected chi connectivity index (χ3v) is 6.99. The molecule has 30 heavy (non-hydrogen) atoms. The largest absolute Gasteiger partial charge is 0.480 e. The molecule has 0 aromatic heterocycles. The van der Waals surface area contributed by atoms with Gasteiger partial charge in [-0.2, -0.15) is 0 Å². The van der Waals surface area contributed by atoms with Crippen molar-refractivity contribution in [1.82, 2.24) is 4.90 Å². The number of carbonyl (C=O) groups is 1. The van der Waals surface area contributed by atoms with Gasteiger partial charge in [0.1, 0.15) is 11.6 Å². The molecular weight excluding hydrogens is 398 g/mol. The van der Waals surface area contributed by atoms with Crippen LogP contribution in [0.2, 0.25) is 5.02 Å². The summed E-state index contributed by atoms with van der Waals surface area (Å²) in [5, 5.41) is 10.0. The molecule has 0 bridgehead atoms. The van der Waals surface area contributed by atoms with Crippen molar-refractivity contribution < 1.29 is 14.6 Å². The zero-order valence-electron chi connectivity index (χ0n) is 18.3. The van der Waals surface area contributed by atoms with Crippen LogP contribution in [-0.2, 0) is 20.7 Å². The molecule has 0 aliphatic carbocycles. The lowest BCUT2D eigenvalue weighted by atomic mass is 9.80. The highest BCUT2D eigenvalue weighted by molar-refractivity contribution is 6.30. The number of hydrogen-bond donors (Lipinski definition) is 1. The van der Waals surface area contributed by atoms with Gasteiger partial charge < -0.3 is 9.84 Å². The first kappa shape index (κ1) is 22.8. The van der Waals surface area contributed by atoms with Gasteiger partial charge in [-0.3, -0.25) is 9.69 Å². The van der Waals surface area contributed by atoms with Crippen LogP contribution in [0.3, 0.4) is 0 Å². The van der Waals surface area contributed by atoms with Crippen molar-refractivity contribution in [2.75, 3.05) is 13.6 Å². The van der Waals surface area contributed by atoms with Gasteiger partial charge in [-0.1, -0.05) is 61.8 Å². The second kappa shape index (κ2) is 9.09. The Hall–Kier alpha value is -1.88. The van der Waals surface area contributed by atoms with E-state index in [0.717, 1.165) is 31.2 Å². The van der Waals surface area contributed by atoms with Crippen LogP contribution in [-0.4, -0.2) is 35.6 Å². The predicted molar refractivity (Wildman–Crippen MR) is 121 cm³/mol. The Morgan fingerprint density at radius 3 is 2.27 bits per heavy atom. The molecule has 2 aromatic rings. The van der Waals surface area contributed by atoms with Crippen LogP contribution in [0.15, 0.2) is 48.5 Å². The number of carboxylic acid groups (broad SMARTS) is 1. The summed E-state index contributed by atoms with van der Waals surface area (Å²) in [6.45, 7) is 6.76. The lowest BCUT2D eigenvalue weighted by Gasteiger charge is -2.36. The Bertz CT molecular complexity index is 878. The fourth-order valence-corrected chi connectivity index (χ4v) is 4.80. The number of ether oxygens (including phenoxy) is 1. The van der Waals surface area contributed by atoms with E-state index < -0.39 is 17.6 Å². The Labute approximate surface area is 184 Å². The maximum atomic E-state index is 11.3. The summed E-state index contributed by atoms with van der Waals surface area (Å²) < 4.78 is 7.04. The fourth-order valence-electron chi connectivity index (χ4n) is 4.67. The van der Waals surface area contributed by atoms with E-state index in [2.05, 4.69) is 50.2 Å². The maximum absolute atomic E-state index is 11.3. The smallest absolute Gasteiger partial charge is 0.320 e. The van der Waals surface area contributed by atoms with Crippen molar-refractivity contribution in [1.29, 1.82) is 0 Å². The van der Waals surface area contributed by atoms with E-state index in [1.807, 2.05) is 24.1 Å². The number of carboxylic acids is 1. The summed E-state index contributed by atoms with van der Waals surface area (Å²) in [6, 6.07) is 16.0. The summed E-state index contributed by atoms with van der Waals surface area (Å²) in [4.78, 5) is 13.2. The van der Waals surface area contributed by atoms with Crippen molar-refractivity contribution in [3.05, 3.63) is 70.2 Å². The molecule has 162 valence electrons. The zero-order valence-corrected chi connectivity index (χ0v) is 19.1. The number of aliphatic carboxylic acids is 1. The van der Waals surface area contributed by atoms with Gasteiger partial charge in [0.15, 0.2) is 0 Å². The van der Waals surface area contributed by atoms with E-state index >= 15 is 0 Å². The number of fused-ring (bicyclic) bond motifs is 1. The maximum Gasteiger partial charge on any atom is 0.320 e. The summed E-state index contributed by atoms with van der Waals surface area (Å²) in [5.41, 5.74) is 2.68. The van der Waals surface area contributed by atoms with Gasteiger partial charge in [0.25, 0.3) is 0 Å². The lowest BCUT2D eigenvalue weighted by molar-refractivity contribution is -0.142. The fraction of sp³-hybridized carbons (Fsp3) is 0.480. The van der Waals surface area contributed by atoms with Gasteiger partial charge in [0, 0.05) is 5.02 Å². The second-order valence-electron chi connectivity index (χ2n) is 8.28. The number of rotatable bonds is 9. The van der Waals surface area contributed by atoms with Gasteiger partial charge in [-0.25, -0.2) is 0 Å². The zero-order chi connectivity index (χ0) is 21.9. The molecule has 3 rings (SSSR count). The number of hydrogen-bond acceptors (Lipinski definition) is 3. The molecule has 1 unspecified atom stereocenters. The van der Waals surface area contributed by atoms with Gasteiger partial charge in [0.2, 0.25) is 0 Å². The highest BCUT2D eigenvalue weighted by atomic mass is 35.5. The first-order valence-electron chi connectivity index (χ1n) is 10.8. The normalized spacial score (nSPS) is 20.9. The summed E-state index contributed by atoms with van der Waals surface area (Å²) >= 11 is 6.18. The van der Waals surface area contributed by atoms with Crippen LogP contribution in [0.4, 0.5) is 0 Å². The predicted octanol–water partition coefficient (Wildman–Crippen LogP) is 5.81. The molecule has 4 nitrogen and oxygen atoms in total. The Balaban J connectivity index is 2.00. The van der Waals surface area contributed by atoms with Gasteiger partial charge >= 0.3 is 5.97 Å². The highest BCUT2D eigenvalue weighted by Crippen LogP contribution is 2.55. The van der Waals surface area contributed by atoms with Crippen molar-refractivity contribution in [3.8, 4) is 0 Å². The molecule has 1 aliphatic rings. The third-order valence-electron chi connectivity index (χ3n) is 6.73. The van der Waals surface area contributed by atoms with E-state index in [9.17, 15) is 9.90 Å². The van der Waals surface area contributed by atoms with Crippen LogP contribution < -0.4 is 0 Å². The van der Waals surface area contributed by atoms with Crippen molar-refractivity contribution in [3.63, 3.8) is 0 Å². The number of benzene rings is 2. The third kappa shape index (κ3) is 4.01. The van der Waals surface area contributed by atoms with Crippen molar-refractivity contribution in [2.24, 2.45) is 0 Å². The first-order valence-corrected chi connectivity index (χ1v) is 11.2. The van der Waals surface area contributed by atoms with Crippen LogP contribution in [0.25, 0.3) is 0 Å². The molecule has 1 heterocycles. The summed E-state index contributed by atoms with van der Waals surface area (Å²) in [5.74, 6) is -0.802. The molecule has 5 heteroatoms. The molecule has 0 saturated carbocycles. The van der Waals surface area contributed by atoms with E-state index in [-0.39, 0.29) is 5.60 Å². The molecule has 2 atom stereocenters. The molecule has 0 spiro atoms. The van der Waals surface area contributed by atoms with Gasteiger partial charge in [0.05, 0.1) is 5.60 Å². The summed E-state index contributed by atoms with van der Waals surface area (Å²) in [6.07, 6.45) is 3.37. The molecule has 0 radical (unpaired) electrons. The highest BCUT2D eigenvalue weighted by Gasteiger charge is 2.52. The minimum absolute atomic E-state index is 0.323. The van der Waals surface area contributed by atoms with Gasteiger partial charge in [-0.05, 0) is 75.0 Å². The van der Waals surface area contributed by atoms with E-state index in [1.165, 1.54) is 11.1 Å². The average molecular weight is 430 g/mol. The standard InChI is InChI=1S/C25H32ClNO3/c1-5-24(6-2)21-10-7-8-11-22(21)25(30-24,19-12-14-20(26)15-13-19)16-9-17-27(4)18(3)23(28)29/h7-8,10-15,18H,5-6,9,16-17H2,1-4H3,(H,28,29)/t18-,25?/m0/s1. The van der Waals surface area contributed by atoms with Crippen LogP contribution >= 0.6 is 11.6 Å². The second-order valence-corrected chi connectivity index (χ2v) is 8.72. The van der Waals surface area contributed by atoms with Crippen molar-refractivity contribution >= 4 is 17.6 Å². The molecule has 0 fully saturated rings. The molecule has 0 saturated heterocycles. The molecule has 1 N–H and O–H groups in total. The average Bonchev–Trinajstić information content (AvgIpc) is 3.05. The molecule has 1 aliphatic heterocycles. The van der Waals surface area contributed by atoms with E-state index in [0.29, 0.717) is 11.6 Å². The van der Waals surface area contributed by atoms with Crippen LogP contribution in [0.5, 0.6) is 0 Å². The topological polar surface area (TPSA) is 49.8 Å². The van der Waals surface area contributed by atoms with Crippen LogP contribution in [0.1, 0.15) is 63.1 Å². The van der Waals surface area contributed by atoms with Crippen LogP contribution in [0, 0.1) is 0 Å². The van der Waals surface area contributed by atoms with E-state index in [1.54, 1.807) is 6.92 Å². The Morgan fingerprint density at radius 1 is 1.10 bits per heavy atom. The number of likely N-dealkylation sites (N-methyl/N-ethyl adjacent to an activating group) is 1. The molecule has 0 amide bonds. The molecular formula is C25H32ClNO3. The van der Waals surface area contributed by atoms with Gasteiger partial charge in [-0.15, -0.1) is 0 Å². The minimum atomic E-state index is -0.802.